The van der Waals surface area contributed by atoms with E-state index in [1.165, 1.54) is 12.1 Å². The number of nitrogens with one attached hydrogen (secondary N) is 2. The molecule has 1 atom stereocenters. The SMILES string of the molecule is O=C(Cn1ccc(C2CCCNC2)n1)NCc1c(F)cccc1Cl. The summed E-state index contributed by atoms with van der Waals surface area (Å²) < 4.78 is 15.3. The van der Waals surface area contributed by atoms with Crippen molar-refractivity contribution in [1.82, 2.24) is 20.4 Å². The first kappa shape index (κ1) is 16.9. The molecule has 3 rings (SSSR count). The van der Waals surface area contributed by atoms with Crippen LogP contribution in [0.2, 0.25) is 5.02 Å². The van der Waals surface area contributed by atoms with Crippen molar-refractivity contribution in [3.8, 4) is 0 Å². The lowest BCUT2D eigenvalue weighted by atomic mass is 9.97. The molecular weight excluding hydrogens is 331 g/mol. The lowest BCUT2D eigenvalue weighted by Gasteiger charge is -2.20. The topological polar surface area (TPSA) is 59.0 Å². The van der Waals surface area contributed by atoms with Crippen LogP contribution >= 0.6 is 11.6 Å². The van der Waals surface area contributed by atoms with Crippen molar-refractivity contribution in [3.63, 3.8) is 0 Å². The molecule has 0 spiro atoms. The number of hydrogen-bond acceptors (Lipinski definition) is 3. The third-order valence-electron chi connectivity index (χ3n) is 4.21. The van der Waals surface area contributed by atoms with Crippen molar-refractivity contribution in [2.45, 2.75) is 31.8 Å². The maximum Gasteiger partial charge on any atom is 0.242 e. The smallest absolute Gasteiger partial charge is 0.242 e. The average molecular weight is 351 g/mol. The van der Waals surface area contributed by atoms with Gasteiger partial charge < -0.3 is 10.6 Å². The van der Waals surface area contributed by atoms with Crippen LogP contribution in [0.15, 0.2) is 30.5 Å². The Labute approximate surface area is 145 Å². The highest BCUT2D eigenvalue weighted by molar-refractivity contribution is 6.31. The van der Waals surface area contributed by atoms with E-state index in [0.29, 0.717) is 16.5 Å². The van der Waals surface area contributed by atoms with Crippen LogP contribution < -0.4 is 10.6 Å². The maximum atomic E-state index is 13.7. The Balaban J connectivity index is 1.54. The molecular formula is C17H20ClFN4O. The molecule has 7 heteroatoms. The molecule has 1 unspecified atom stereocenters. The molecule has 24 heavy (non-hydrogen) atoms. The lowest BCUT2D eigenvalue weighted by molar-refractivity contribution is -0.122. The van der Waals surface area contributed by atoms with Gasteiger partial charge in [0.25, 0.3) is 0 Å². The Kier molecular flexibility index (Phi) is 5.48. The number of aromatic nitrogens is 2. The standard InChI is InChI=1S/C17H20ClFN4O/c18-14-4-1-5-15(19)13(14)10-21-17(24)11-23-8-6-16(22-23)12-3-2-7-20-9-12/h1,4-6,8,12,20H,2-3,7,9-11H2,(H,21,24). The van der Waals surface area contributed by atoms with E-state index in [1.54, 1.807) is 16.9 Å². The molecule has 1 aromatic carbocycles. The van der Waals surface area contributed by atoms with Crippen LogP contribution in [-0.4, -0.2) is 28.8 Å². The molecule has 1 aromatic heterocycles. The minimum absolute atomic E-state index is 0.0605. The number of piperidine rings is 1. The summed E-state index contributed by atoms with van der Waals surface area (Å²) in [5.74, 6) is -0.250. The van der Waals surface area contributed by atoms with Gasteiger partial charge in [-0.05, 0) is 37.6 Å². The highest BCUT2D eigenvalue weighted by atomic mass is 35.5. The van der Waals surface area contributed by atoms with Crippen LogP contribution in [-0.2, 0) is 17.9 Å². The highest BCUT2D eigenvalue weighted by Gasteiger charge is 2.18. The van der Waals surface area contributed by atoms with Gasteiger partial charge in [-0.3, -0.25) is 9.48 Å². The number of nitrogens with zero attached hydrogens (tertiary/aromatic N) is 2. The van der Waals surface area contributed by atoms with Crippen molar-refractivity contribution in [2.24, 2.45) is 0 Å². The Hall–Kier alpha value is -1.92. The monoisotopic (exact) mass is 350 g/mol. The number of amides is 1. The third kappa shape index (κ3) is 4.13. The Bertz CT molecular complexity index is 692. The van der Waals surface area contributed by atoms with Crippen molar-refractivity contribution < 1.29 is 9.18 Å². The zero-order chi connectivity index (χ0) is 16.9. The number of hydrogen-bond donors (Lipinski definition) is 2. The van der Waals surface area contributed by atoms with Gasteiger partial charge in [-0.2, -0.15) is 5.10 Å². The number of halogens is 2. The summed E-state index contributed by atoms with van der Waals surface area (Å²) in [5.41, 5.74) is 1.30. The molecule has 2 N–H and O–H groups in total. The molecule has 1 amide bonds. The first-order valence-electron chi connectivity index (χ1n) is 8.07. The van der Waals surface area contributed by atoms with E-state index < -0.39 is 5.82 Å². The minimum atomic E-state index is -0.422. The maximum absolute atomic E-state index is 13.7. The van der Waals surface area contributed by atoms with Gasteiger partial charge in [0.2, 0.25) is 5.91 Å². The summed E-state index contributed by atoms with van der Waals surface area (Å²) in [4.78, 5) is 12.0. The second-order valence-corrected chi connectivity index (χ2v) is 6.37. The van der Waals surface area contributed by atoms with Gasteiger partial charge >= 0.3 is 0 Å². The van der Waals surface area contributed by atoms with Gasteiger partial charge in [-0.1, -0.05) is 17.7 Å². The lowest BCUT2D eigenvalue weighted by Crippen LogP contribution is -2.29. The second kappa shape index (κ2) is 7.77. The largest absolute Gasteiger partial charge is 0.350 e. The summed E-state index contributed by atoms with van der Waals surface area (Å²) in [7, 11) is 0. The summed E-state index contributed by atoms with van der Waals surface area (Å²) >= 11 is 5.95. The molecule has 0 radical (unpaired) electrons. The zero-order valence-electron chi connectivity index (χ0n) is 13.3. The predicted octanol–water partition coefficient (Wildman–Crippen LogP) is 2.46. The fourth-order valence-corrected chi connectivity index (χ4v) is 3.11. The Morgan fingerprint density at radius 3 is 3.08 bits per heavy atom. The summed E-state index contributed by atoms with van der Waals surface area (Å²) in [6, 6.07) is 6.42. The normalized spacial score (nSPS) is 17.7. The van der Waals surface area contributed by atoms with E-state index in [4.69, 9.17) is 11.6 Å². The first-order chi connectivity index (χ1) is 11.6. The van der Waals surface area contributed by atoms with Gasteiger partial charge in [0.05, 0.1) is 5.69 Å². The van der Waals surface area contributed by atoms with Crippen molar-refractivity contribution in [1.29, 1.82) is 0 Å². The van der Waals surface area contributed by atoms with Crippen LogP contribution in [0.4, 0.5) is 4.39 Å². The van der Waals surface area contributed by atoms with E-state index in [0.717, 1.165) is 31.6 Å². The van der Waals surface area contributed by atoms with Gasteiger partial charge in [0.15, 0.2) is 0 Å². The molecule has 0 saturated carbocycles. The minimum Gasteiger partial charge on any atom is -0.350 e. The van der Waals surface area contributed by atoms with E-state index in [9.17, 15) is 9.18 Å². The van der Waals surface area contributed by atoms with Crippen LogP contribution in [0, 0.1) is 5.82 Å². The predicted molar refractivity (Wildman–Crippen MR) is 90.3 cm³/mol. The molecule has 0 aliphatic carbocycles. The van der Waals surface area contributed by atoms with Crippen molar-refractivity contribution in [2.75, 3.05) is 13.1 Å². The van der Waals surface area contributed by atoms with Crippen LogP contribution in [0.25, 0.3) is 0 Å². The Morgan fingerprint density at radius 2 is 2.33 bits per heavy atom. The van der Waals surface area contributed by atoms with Crippen molar-refractivity contribution in [3.05, 3.63) is 52.6 Å². The second-order valence-electron chi connectivity index (χ2n) is 5.96. The fourth-order valence-electron chi connectivity index (χ4n) is 2.88. The summed E-state index contributed by atoms with van der Waals surface area (Å²) in [6.07, 6.45) is 4.06. The van der Waals surface area contributed by atoms with Crippen LogP contribution in [0.1, 0.15) is 30.0 Å². The number of carbonyl (C=O) groups excluding carboxylic acids is 1. The Morgan fingerprint density at radius 1 is 1.46 bits per heavy atom. The fraction of sp³-hybridized carbons (Fsp3) is 0.412. The van der Waals surface area contributed by atoms with E-state index in [1.807, 2.05) is 6.07 Å². The van der Waals surface area contributed by atoms with Crippen molar-refractivity contribution >= 4 is 17.5 Å². The van der Waals surface area contributed by atoms with Gasteiger partial charge in [0, 0.05) is 35.8 Å². The van der Waals surface area contributed by atoms with Crippen LogP contribution in [0.5, 0.6) is 0 Å². The van der Waals surface area contributed by atoms with Crippen LogP contribution in [0.3, 0.4) is 0 Å². The molecule has 1 saturated heterocycles. The molecule has 128 valence electrons. The first-order valence-corrected chi connectivity index (χ1v) is 8.45. The summed E-state index contributed by atoms with van der Waals surface area (Å²) in [6.45, 7) is 2.14. The van der Waals surface area contributed by atoms with Gasteiger partial charge in [0.1, 0.15) is 12.4 Å². The number of carbonyl (C=O) groups is 1. The van der Waals surface area contributed by atoms with E-state index in [-0.39, 0.29) is 19.0 Å². The van der Waals surface area contributed by atoms with Gasteiger partial charge in [-0.15, -0.1) is 0 Å². The zero-order valence-corrected chi connectivity index (χ0v) is 14.0. The molecule has 1 aliphatic heterocycles. The molecule has 5 nitrogen and oxygen atoms in total. The number of benzene rings is 1. The summed E-state index contributed by atoms with van der Waals surface area (Å²) in [5, 5.41) is 10.8. The molecule has 1 aliphatic rings. The van der Waals surface area contributed by atoms with E-state index in [2.05, 4.69) is 15.7 Å². The van der Waals surface area contributed by atoms with E-state index >= 15 is 0 Å². The molecule has 0 bridgehead atoms. The third-order valence-corrected chi connectivity index (χ3v) is 4.56. The quantitative estimate of drug-likeness (QED) is 0.871. The number of rotatable bonds is 5. The highest BCUT2D eigenvalue weighted by Crippen LogP contribution is 2.21. The molecule has 2 aromatic rings. The van der Waals surface area contributed by atoms with Gasteiger partial charge in [-0.25, -0.2) is 4.39 Å². The molecule has 1 fully saturated rings. The molecule has 2 heterocycles. The average Bonchev–Trinajstić information content (AvgIpc) is 3.03.